The van der Waals surface area contributed by atoms with Gasteiger partial charge in [-0.3, -0.25) is 4.79 Å². The summed E-state index contributed by atoms with van der Waals surface area (Å²) in [4.78, 5) is 22.1. The van der Waals surface area contributed by atoms with Crippen molar-refractivity contribution in [2.75, 3.05) is 18.4 Å². The van der Waals surface area contributed by atoms with Gasteiger partial charge in [-0.1, -0.05) is 0 Å². The summed E-state index contributed by atoms with van der Waals surface area (Å²) in [5, 5.41) is 6.93. The molecule has 1 aliphatic rings. The van der Waals surface area contributed by atoms with Crippen molar-refractivity contribution in [1.82, 2.24) is 15.3 Å². The first-order valence-corrected chi connectivity index (χ1v) is 9.56. The van der Waals surface area contributed by atoms with Gasteiger partial charge in [0.1, 0.15) is 0 Å². The topological polar surface area (TPSA) is 76.1 Å². The fourth-order valence-electron chi connectivity index (χ4n) is 2.86. The average Bonchev–Trinajstić information content (AvgIpc) is 2.55. The van der Waals surface area contributed by atoms with Gasteiger partial charge in [0.05, 0.1) is 18.6 Å². The number of aryl methyl sites for hydroxylation is 2. The van der Waals surface area contributed by atoms with Crippen LogP contribution >= 0.6 is 11.8 Å². The van der Waals surface area contributed by atoms with Gasteiger partial charge in [0.25, 0.3) is 0 Å². The second-order valence-electron chi connectivity index (χ2n) is 6.54. The van der Waals surface area contributed by atoms with Gasteiger partial charge < -0.3 is 15.4 Å². The molecule has 2 N–H and O–H groups in total. The van der Waals surface area contributed by atoms with Gasteiger partial charge in [-0.05, 0) is 62.9 Å². The lowest BCUT2D eigenvalue weighted by atomic mass is 10.2. The first kappa shape index (κ1) is 18.8. The van der Waals surface area contributed by atoms with E-state index in [9.17, 15) is 4.79 Å². The Balaban J connectivity index is 1.54. The molecule has 26 heavy (non-hydrogen) atoms. The largest absolute Gasteiger partial charge is 0.372 e. The number of hydrogen-bond acceptors (Lipinski definition) is 6. The van der Waals surface area contributed by atoms with E-state index < -0.39 is 0 Å². The minimum atomic E-state index is -0.0738. The molecule has 1 aliphatic heterocycles. The van der Waals surface area contributed by atoms with Crippen molar-refractivity contribution < 1.29 is 9.53 Å². The molecule has 0 saturated carbocycles. The van der Waals surface area contributed by atoms with Gasteiger partial charge in [0.15, 0.2) is 5.16 Å². The molecule has 2 unspecified atom stereocenters. The Morgan fingerprint density at radius 1 is 1.23 bits per heavy atom. The number of hydrogen-bond donors (Lipinski definition) is 2. The van der Waals surface area contributed by atoms with Crippen LogP contribution in [0.4, 0.5) is 5.69 Å². The highest BCUT2D eigenvalue weighted by molar-refractivity contribution is 7.99. The summed E-state index contributed by atoms with van der Waals surface area (Å²) in [5.41, 5.74) is 2.69. The Hall–Kier alpha value is -1.96. The molecule has 6 nitrogen and oxygen atoms in total. The molecule has 3 rings (SSSR count). The van der Waals surface area contributed by atoms with Crippen molar-refractivity contribution in [2.45, 2.75) is 49.5 Å². The second-order valence-corrected chi connectivity index (χ2v) is 7.58. The van der Waals surface area contributed by atoms with Crippen LogP contribution in [0.15, 0.2) is 40.4 Å². The lowest BCUT2D eigenvalue weighted by Gasteiger charge is -2.28. The summed E-state index contributed by atoms with van der Waals surface area (Å²) in [6, 6.07) is 9.66. The van der Waals surface area contributed by atoms with Gasteiger partial charge in [0, 0.05) is 35.1 Å². The third-order valence-electron chi connectivity index (χ3n) is 3.95. The summed E-state index contributed by atoms with van der Waals surface area (Å²) in [5.74, 6) is -0.0380. The molecule has 0 bridgehead atoms. The Bertz CT molecular complexity index is 746. The van der Waals surface area contributed by atoms with Crippen LogP contribution in [-0.4, -0.2) is 41.2 Å². The van der Waals surface area contributed by atoms with E-state index in [4.69, 9.17) is 4.74 Å². The first-order chi connectivity index (χ1) is 12.5. The molecule has 1 fully saturated rings. The van der Waals surface area contributed by atoms with Gasteiger partial charge in [0.2, 0.25) is 5.91 Å². The van der Waals surface area contributed by atoms with Gasteiger partial charge in [-0.25, -0.2) is 9.97 Å². The zero-order chi connectivity index (χ0) is 18.5. The molecule has 1 saturated heterocycles. The lowest BCUT2D eigenvalue weighted by Crippen LogP contribution is -2.44. The standard InChI is InChI=1S/C19H24N4O2S/c1-12-8-13(2)22-19(21-12)26-17-6-4-15(5-7-17)23-18(24)9-16-11-20-10-14(3)25-16/h4-8,14,16,20H,9-11H2,1-3H3,(H,23,24). The van der Waals surface area contributed by atoms with Crippen molar-refractivity contribution in [1.29, 1.82) is 0 Å². The third kappa shape index (κ3) is 5.52. The van der Waals surface area contributed by atoms with Crippen molar-refractivity contribution in [3.8, 4) is 0 Å². The molecule has 1 aromatic carbocycles. The van der Waals surface area contributed by atoms with Crippen LogP contribution in [0.3, 0.4) is 0 Å². The van der Waals surface area contributed by atoms with Gasteiger partial charge in [-0.15, -0.1) is 0 Å². The number of nitrogens with zero attached hydrogens (tertiary/aromatic N) is 2. The molecule has 0 aliphatic carbocycles. The van der Waals surface area contributed by atoms with Crippen molar-refractivity contribution in [2.24, 2.45) is 0 Å². The van der Waals surface area contributed by atoms with E-state index in [1.165, 1.54) is 11.8 Å². The minimum Gasteiger partial charge on any atom is -0.372 e. The fraction of sp³-hybridized carbons (Fsp3) is 0.421. The highest BCUT2D eigenvalue weighted by atomic mass is 32.2. The number of nitrogens with one attached hydrogen (secondary N) is 2. The van der Waals surface area contributed by atoms with E-state index in [0.717, 1.165) is 33.7 Å². The van der Waals surface area contributed by atoms with Crippen molar-refractivity contribution in [3.05, 3.63) is 41.7 Å². The van der Waals surface area contributed by atoms with E-state index in [2.05, 4.69) is 20.6 Å². The molecule has 1 amide bonds. The van der Waals surface area contributed by atoms with Crippen molar-refractivity contribution >= 4 is 23.4 Å². The Morgan fingerprint density at radius 3 is 2.58 bits per heavy atom. The smallest absolute Gasteiger partial charge is 0.227 e. The summed E-state index contributed by atoms with van der Waals surface area (Å²) in [7, 11) is 0. The number of amides is 1. The van der Waals surface area contributed by atoms with Crippen LogP contribution in [0, 0.1) is 13.8 Å². The van der Waals surface area contributed by atoms with Crippen LogP contribution < -0.4 is 10.6 Å². The number of carbonyl (C=O) groups excluding carboxylic acids is 1. The molecule has 0 radical (unpaired) electrons. The number of anilines is 1. The molecule has 138 valence electrons. The SMILES string of the molecule is Cc1cc(C)nc(Sc2ccc(NC(=O)CC3CNCC(C)O3)cc2)n1. The summed E-state index contributed by atoms with van der Waals surface area (Å²) in [6.07, 6.45) is 0.421. The molecular formula is C19H24N4O2S. The summed E-state index contributed by atoms with van der Waals surface area (Å²) in [6.45, 7) is 7.48. The summed E-state index contributed by atoms with van der Waals surface area (Å²) < 4.78 is 5.76. The number of carbonyl (C=O) groups is 1. The first-order valence-electron chi connectivity index (χ1n) is 8.74. The number of ether oxygens (including phenoxy) is 1. The van der Waals surface area contributed by atoms with Gasteiger partial charge >= 0.3 is 0 Å². The second kappa shape index (κ2) is 8.62. The number of aromatic nitrogens is 2. The predicted octanol–water partition coefficient (Wildman–Crippen LogP) is 2.95. The monoisotopic (exact) mass is 372 g/mol. The maximum absolute atomic E-state index is 12.2. The van der Waals surface area contributed by atoms with Crippen LogP contribution in [0.5, 0.6) is 0 Å². The van der Waals surface area contributed by atoms with E-state index in [0.29, 0.717) is 13.0 Å². The molecule has 1 aromatic heterocycles. The summed E-state index contributed by atoms with van der Waals surface area (Å²) >= 11 is 1.51. The Morgan fingerprint density at radius 2 is 1.92 bits per heavy atom. The highest BCUT2D eigenvalue weighted by Gasteiger charge is 2.21. The van der Waals surface area contributed by atoms with Crippen LogP contribution in [-0.2, 0) is 9.53 Å². The Labute approximate surface area is 158 Å². The lowest BCUT2D eigenvalue weighted by molar-refractivity contribution is -0.121. The van der Waals surface area contributed by atoms with E-state index in [1.54, 1.807) is 0 Å². The maximum atomic E-state index is 12.2. The third-order valence-corrected chi connectivity index (χ3v) is 4.82. The van der Waals surface area contributed by atoms with E-state index in [1.807, 2.05) is 51.1 Å². The minimum absolute atomic E-state index is 0.0380. The zero-order valence-electron chi connectivity index (χ0n) is 15.3. The van der Waals surface area contributed by atoms with Crippen LogP contribution in [0.25, 0.3) is 0 Å². The number of morpholine rings is 1. The predicted molar refractivity (Wildman–Crippen MR) is 103 cm³/mol. The number of benzene rings is 1. The highest BCUT2D eigenvalue weighted by Crippen LogP contribution is 2.26. The molecule has 0 spiro atoms. The van der Waals surface area contributed by atoms with E-state index >= 15 is 0 Å². The quantitative estimate of drug-likeness (QED) is 0.786. The van der Waals surface area contributed by atoms with Gasteiger partial charge in [-0.2, -0.15) is 0 Å². The molecule has 7 heteroatoms. The van der Waals surface area contributed by atoms with E-state index in [-0.39, 0.29) is 18.1 Å². The Kier molecular flexibility index (Phi) is 6.24. The molecular weight excluding hydrogens is 348 g/mol. The molecule has 2 atom stereocenters. The number of rotatable bonds is 5. The average molecular weight is 372 g/mol. The van der Waals surface area contributed by atoms with Crippen LogP contribution in [0.1, 0.15) is 24.7 Å². The fourth-order valence-corrected chi connectivity index (χ4v) is 3.72. The molecule has 2 heterocycles. The van der Waals surface area contributed by atoms with Crippen molar-refractivity contribution in [3.63, 3.8) is 0 Å². The normalized spacial score (nSPS) is 20.0. The maximum Gasteiger partial charge on any atom is 0.227 e. The molecule has 2 aromatic rings. The zero-order valence-corrected chi connectivity index (χ0v) is 16.1. The van der Waals surface area contributed by atoms with Crippen LogP contribution in [0.2, 0.25) is 0 Å².